The average Bonchev–Trinajstić information content (AvgIpc) is 2.88. The summed E-state index contributed by atoms with van der Waals surface area (Å²) in [5, 5.41) is 6.16. The van der Waals surface area contributed by atoms with Gasteiger partial charge in [0, 0.05) is 36.8 Å². The first-order valence-corrected chi connectivity index (χ1v) is 12.0. The summed E-state index contributed by atoms with van der Waals surface area (Å²) in [4.78, 5) is 15.2. The first-order valence-electron chi connectivity index (χ1n) is 11.6. The Morgan fingerprint density at radius 2 is 1.59 bits per heavy atom. The largest absolute Gasteiger partial charge is 0.379 e. The van der Waals surface area contributed by atoms with E-state index in [-0.39, 0.29) is 5.91 Å². The molecular formula is C29H27ClN2O2. The maximum Gasteiger partial charge on any atom is 0.251 e. The molecule has 4 aromatic rings. The summed E-state index contributed by atoms with van der Waals surface area (Å²) in [6.45, 7) is 4.99. The molecule has 4 aromatic carbocycles. The molecule has 1 aliphatic heterocycles. The van der Waals surface area contributed by atoms with Crippen LogP contribution in [0.25, 0.3) is 21.9 Å². The summed E-state index contributed by atoms with van der Waals surface area (Å²) in [5.41, 5.74) is 5.18. The van der Waals surface area contributed by atoms with Crippen LogP contribution in [0.4, 0.5) is 0 Å². The van der Waals surface area contributed by atoms with Crippen molar-refractivity contribution in [3.8, 4) is 11.1 Å². The summed E-state index contributed by atoms with van der Waals surface area (Å²) in [6.07, 6.45) is 0. The molecule has 34 heavy (non-hydrogen) atoms. The fourth-order valence-corrected chi connectivity index (χ4v) is 4.53. The highest BCUT2D eigenvalue weighted by Crippen LogP contribution is 2.23. The Labute approximate surface area is 205 Å². The normalized spacial score (nSPS) is 14.3. The van der Waals surface area contributed by atoms with Gasteiger partial charge < -0.3 is 10.1 Å². The monoisotopic (exact) mass is 470 g/mol. The zero-order valence-corrected chi connectivity index (χ0v) is 19.7. The highest BCUT2D eigenvalue weighted by molar-refractivity contribution is 6.30. The van der Waals surface area contributed by atoms with Gasteiger partial charge >= 0.3 is 0 Å². The molecule has 0 atom stereocenters. The number of hydrogen-bond donors (Lipinski definition) is 1. The molecule has 0 unspecified atom stereocenters. The Morgan fingerprint density at radius 3 is 2.32 bits per heavy atom. The van der Waals surface area contributed by atoms with E-state index in [0.717, 1.165) is 49.5 Å². The number of halogens is 1. The van der Waals surface area contributed by atoms with Crippen molar-refractivity contribution < 1.29 is 9.53 Å². The molecule has 0 radical (unpaired) electrons. The molecule has 4 nitrogen and oxygen atoms in total. The van der Waals surface area contributed by atoms with E-state index in [1.807, 2.05) is 48.5 Å². The SMILES string of the molecule is O=C(NCc1cccc2cc(CN3CCOCC3)ccc12)c1ccc(-c2ccc(Cl)cc2)cc1. The lowest BCUT2D eigenvalue weighted by Crippen LogP contribution is -2.35. The molecule has 0 aliphatic carbocycles. The fourth-order valence-electron chi connectivity index (χ4n) is 4.40. The van der Waals surface area contributed by atoms with Crippen molar-refractivity contribution in [3.63, 3.8) is 0 Å². The predicted octanol–water partition coefficient (Wildman–Crippen LogP) is 5.92. The Morgan fingerprint density at radius 1 is 0.882 bits per heavy atom. The van der Waals surface area contributed by atoms with Crippen LogP contribution < -0.4 is 5.32 Å². The van der Waals surface area contributed by atoms with Crippen molar-refractivity contribution in [2.75, 3.05) is 26.3 Å². The average molecular weight is 471 g/mol. The van der Waals surface area contributed by atoms with Gasteiger partial charge in [-0.1, -0.05) is 66.2 Å². The third-order valence-electron chi connectivity index (χ3n) is 6.31. The summed E-state index contributed by atoms with van der Waals surface area (Å²) >= 11 is 5.98. The molecule has 5 heteroatoms. The Balaban J connectivity index is 1.25. The number of fused-ring (bicyclic) bond motifs is 1. The first-order chi connectivity index (χ1) is 16.7. The van der Waals surface area contributed by atoms with E-state index in [2.05, 4.69) is 46.6 Å². The maximum atomic E-state index is 12.8. The Bertz CT molecular complexity index is 1280. The summed E-state index contributed by atoms with van der Waals surface area (Å²) < 4.78 is 5.45. The van der Waals surface area contributed by atoms with Gasteiger partial charge in [0.1, 0.15) is 0 Å². The number of nitrogens with zero attached hydrogens (tertiary/aromatic N) is 1. The second-order valence-corrected chi connectivity index (χ2v) is 9.06. The van der Waals surface area contributed by atoms with Crippen molar-refractivity contribution in [2.24, 2.45) is 0 Å². The molecule has 0 saturated carbocycles. The van der Waals surface area contributed by atoms with Crippen molar-refractivity contribution in [1.82, 2.24) is 10.2 Å². The maximum absolute atomic E-state index is 12.8. The Kier molecular flexibility index (Phi) is 6.91. The Hall–Kier alpha value is -3.18. The summed E-state index contributed by atoms with van der Waals surface area (Å²) in [6, 6.07) is 28.2. The molecule has 172 valence electrons. The quantitative estimate of drug-likeness (QED) is 0.380. The van der Waals surface area contributed by atoms with Crippen LogP contribution in [0.1, 0.15) is 21.5 Å². The summed E-state index contributed by atoms with van der Waals surface area (Å²) in [5.74, 6) is -0.0800. The van der Waals surface area contributed by atoms with Crippen LogP contribution in [0, 0.1) is 0 Å². The zero-order chi connectivity index (χ0) is 23.3. The third kappa shape index (κ3) is 5.31. The van der Waals surface area contributed by atoms with E-state index in [1.54, 1.807) is 0 Å². The van der Waals surface area contributed by atoms with Crippen molar-refractivity contribution in [1.29, 1.82) is 0 Å². The van der Waals surface area contributed by atoms with Gasteiger partial charge in [0.25, 0.3) is 5.91 Å². The number of hydrogen-bond acceptors (Lipinski definition) is 3. The van der Waals surface area contributed by atoms with Crippen molar-refractivity contribution in [2.45, 2.75) is 13.1 Å². The number of carbonyl (C=O) groups is 1. The lowest BCUT2D eigenvalue weighted by molar-refractivity contribution is 0.0342. The molecule has 1 saturated heterocycles. The molecule has 1 amide bonds. The number of benzene rings is 4. The van der Waals surface area contributed by atoms with E-state index in [0.29, 0.717) is 17.1 Å². The number of rotatable bonds is 6. The lowest BCUT2D eigenvalue weighted by atomic mass is 10.0. The number of nitrogens with one attached hydrogen (secondary N) is 1. The van der Waals surface area contributed by atoms with Crippen LogP contribution in [0.5, 0.6) is 0 Å². The molecule has 1 fully saturated rings. The van der Waals surface area contributed by atoms with Crippen LogP contribution in [0.3, 0.4) is 0 Å². The van der Waals surface area contributed by atoms with Crippen LogP contribution >= 0.6 is 11.6 Å². The number of carbonyl (C=O) groups excluding carboxylic acids is 1. The van der Waals surface area contributed by atoms with Gasteiger partial charge in [0.05, 0.1) is 13.2 Å². The topological polar surface area (TPSA) is 41.6 Å². The van der Waals surface area contributed by atoms with Crippen LogP contribution in [-0.4, -0.2) is 37.1 Å². The predicted molar refractivity (Wildman–Crippen MR) is 138 cm³/mol. The lowest BCUT2D eigenvalue weighted by Gasteiger charge is -2.26. The van der Waals surface area contributed by atoms with Gasteiger partial charge in [0.2, 0.25) is 0 Å². The molecule has 5 rings (SSSR count). The molecule has 1 heterocycles. The highest BCUT2D eigenvalue weighted by atomic mass is 35.5. The third-order valence-corrected chi connectivity index (χ3v) is 6.56. The van der Waals surface area contributed by atoms with Gasteiger partial charge in [-0.25, -0.2) is 0 Å². The van der Waals surface area contributed by atoms with Gasteiger partial charge in [-0.3, -0.25) is 9.69 Å². The minimum atomic E-state index is -0.0800. The van der Waals surface area contributed by atoms with E-state index in [4.69, 9.17) is 16.3 Å². The van der Waals surface area contributed by atoms with Gasteiger partial charge in [0.15, 0.2) is 0 Å². The molecule has 1 aliphatic rings. The molecule has 0 aromatic heterocycles. The number of ether oxygens (including phenoxy) is 1. The minimum Gasteiger partial charge on any atom is -0.379 e. The second-order valence-electron chi connectivity index (χ2n) is 8.63. The smallest absolute Gasteiger partial charge is 0.251 e. The number of morpholine rings is 1. The van der Waals surface area contributed by atoms with Gasteiger partial charge in [-0.05, 0) is 63.4 Å². The van der Waals surface area contributed by atoms with E-state index in [1.165, 1.54) is 16.3 Å². The van der Waals surface area contributed by atoms with Crippen LogP contribution in [-0.2, 0) is 17.8 Å². The van der Waals surface area contributed by atoms with Crippen LogP contribution in [0.15, 0.2) is 84.9 Å². The summed E-state index contributed by atoms with van der Waals surface area (Å²) in [7, 11) is 0. The molecule has 0 bridgehead atoms. The first kappa shape index (κ1) is 22.6. The van der Waals surface area contributed by atoms with Gasteiger partial charge in [-0.2, -0.15) is 0 Å². The molecule has 1 N–H and O–H groups in total. The zero-order valence-electron chi connectivity index (χ0n) is 19.0. The van der Waals surface area contributed by atoms with Crippen LogP contribution in [0.2, 0.25) is 5.02 Å². The highest BCUT2D eigenvalue weighted by Gasteiger charge is 2.12. The van der Waals surface area contributed by atoms with Crippen molar-refractivity contribution >= 4 is 28.3 Å². The number of amides is 1. The standard InChI is InChI=1S/C29H27ClN2O2/c30-27-11-9-23(10-12-27)22-5-7-24(8-6-22)29(33)31-19-26-3-1-2-25-18-21(4-13-28(25)26)20-32-14-16-34-17-15-32/h1-13,18H,14-17,19-20H2,(H,31,33). The fraction of sp³-hybridized carbons (Fsp3) is 0.207. The van der Waals surface area contributed by atoms with Gasteiger partial charge in [-0.15, -0.1) is 0 Å². The van der Waals surface area contributed by atoms with Crippen molar-refractivity contribution in [3.05, 3.63) is 107 Å². The second kappa shape index (κ2) is 10.4. The van der Waals surface area contributed by atoms with E-state index >= 15 is 0 Å². The molecule has 0 spiro atoms. The molecular weight excluding hydrogens is 444 g/mol. The van der Waals surface area contributed by atoms with E-state index < -0.39 is 0 Å². The minimum absolute atomic E-state index is 0.0800. The van der Waals surface area contributed by atoms with E-state index in [9.17, 15) is 4.79 Å².